The predicted molar refractivity (Wildman–Crippen MR) is 58.5 cm³/mol. The molecule has 0 amide bonds. The number of allylic oxidation sites excluding steroid dienone is 2. The molecule has 0 saturated carbocycles. The Kier molecular flexibility index (Phi) is 2.99. The number of hydrogen-bond acceptors (Lipinski definition) is 2. The fourth-order valence-corrected chi connectivity index (χ4v) is 1.40. The summed E-state index contributed by atoms with van der Waals surface area (Å²) < 4.78 is 0. The molecule has 14 heavy (non-hydrogen) atoms. The molecule has 2 rings (SSSR count). The van der Waals surface area contributed by atoms with Gasteiger partial charge in [-0.15, -0.1) is 0 Å². The highest BCUT2D eigenvalue weighted by Crippen LogP contribution is 1.99. The van der Waals surface area contributed by atoms with Crippen LogP contribution in [0.5, 0.6) is 0 Å². The smallest absolute Gasteiger partial charge is 0.0962 e. The Morgan fingerprint density at radius 1 is 1.14 bits per heavy atom. The van der Waals surface area contributed by atoms with Crippen LogP contribution in [0.2, 0.25) is 0 Å². The monoisotopic (exact) mass is 186 g/mol. The van der Waals surface area contributed by atoms with Crippen molar-refractivity contribution in [2.45, 2.75) is 12.7 Å². The fraction of sp³-hybridized carbons (Fsp3) is 0.167. The molecule has 1 heterocycles. The number of hydrogen-bond donors (Lipinski definition) is 2. The minimum absolute atomic E-state index is 0.250. The Balaban J connectivity index is 1.83. The molecule has 2 heteroatoms. The van der Waals surface area contributed by atoms with Crippen molar-refractivity contribution in [2.75, 3.05) is 0 Å². The van der Waals surface area contributed by atoms with E-state index in [9.17, 15) is 0 Å². The summed E-state index contributed by atoms with van der Waals surface area (Å²) in [6.45, 7) is 0.886. The Morgan fingerprint density at radius 2 is 2.00 bits per heavy atom. The summed E-state index contributed by atoms with van der Waals surface area (Å²) in [5, 5.41) is 6.60. The van der Waals surface area contributed by atoms with Crippen molar-refractivity contribution < 1.29 is 0 Å². The molecule has 1 unspecified atom stereocenters. The van der Waals surface area contributed by atoms with E-state index in [1.54, 1.807) is 0 Å². The van der Waals surface area contributed by atoms with Gasteiger partial charge in [0, 0.05) is 6.54 Å². The van der Waals surface area contributed by atoms with Gasteiger partial charge in [-0.3, -0.25) is 5.32 Å². The minimum Gasteiger partial charge on any atom is -0.372 e. The van der Waals surface area contributed by atoms with E-state index in [1.165, 1.54) is 5.56 Å². The lowest BCUT2D eigenvalue weighted by Crippen LogP contribution is -2.38. The summed E-state index contributed by atoms with van der Waals surface area (Å²) in [4.78, 5) is 0. The van der Waals surface area contributed by atoms with E-state index in [1.807, 2.05) is 24.4 Å². The zero-order valence-electron chi connectivity index (χ0n) is 7.98. The van der Waals surface area contributed by atoms with Crippen LogP contribution in [0.1, 0.15) is 5.56 Å². The van der Waals surface area contributed by atoms with Crippen molar-refractivity contribution in [3.63, 3.8) is 0 Å². The molecule has 0 spiro atoms. The SMILES string of the molecule is C1=CNC(NCc2ccccc2)C=C1. The van der Waals surface area contributed by atoms with Crippen LogP contribution in [-0.4, -0.2) is 6.17 Å². The molecule has 72 valence electrons. The number of nitrogens with one attached hydrogen (secondary N) is 2. The maximum Gasteiger partial charge on any atom is 0.0962 e. The summed E-state index contributed by atoms with van der Waals surface area (Å²) in [5.74, 6) is 0. The van der Waals surface area contributed by atoms with E-state index in [0.29, 0.717) is 0 Å². The lowest BCUT2D eigenvalue weighted by atomic mass is 10.2. The summed E-state index contributed by atoms with van der Waals surface area (Å²) in [6, 6.07) is 10.4. The molecule has 0 aromatic heterocycles. The average Bonchev–Trinajstić information content (AvgIpc) is 2.29. The van der Waals surface area contributed by atoms with Crippen LogP contribution < -0.4 is 10.6 Å². The molecule has 0 radical (unpaired) electrons. The second-order valence-electron chi connectivity index (χ2n) is 3.25. The van der Waals surface area contributed by atoms with E-state index in [-0.39, 0.29) is 6.17 Å². The first-order valence-electron chi connectivity index (χ1n) is 4.82. The highest BCUT2D eigenvalue weighted by atomic mass is 15.1. The van der Waals surface area contributed by atoms with Crippen molar-refractivity contribution in [1.29, 1.82) is 0 Å². The zero-order chi connectivity index (χ0) is 9.64. The van der Waals surface area contributed by atoms with Crippen molar-refractivity contribution in [3.8, 4) is 0 Å². The van der Waals surface area contributed by atoms with Gasteiger partial charge in [-0.25, -0.2) is 0 Å². The lowest BCUT2D eigenvalue weighted by molar-refractivity contribution is 0.546. The van der Waals surface area contributed by atoms with Crippen LogP contribution in [0.4, 0.5) is 0 Å². The predicted octanol–water partition coefficient (Wildman–Crippen LogP) is 1.78. The third-order valence-electron chi connectivity index (χ3n) is 2.16. The second kappa shape index (κ2) is 4.63. The normalized spacial score (nSPS) is 19.3. The maximum absolute atomic E-state index is 3.39. The molecule has 1 aliphatic heterocycles. The molecule has 1 atom stereocenters. The molecule has 0 aliphatic carbocycles. The minimum atomic E-state index is 0.250. The van der Waals surface area contributed by atoms with Crippen molar-refractivity contribution >= 4 is 0 Å². The van der Waals surface area contributed by atoms with Gasteiger partial charge in [0.25, 0.3) is 0 Å². The molecule has 1 aromatic carbocycles. The molecule has 2 N–H and O–H groups in total. The van der Waals surface area contributed by atoms with Gasteiger partial charge in [0.2, 0.25) is 0 Å². The number of rotatable bonds is 3. The highest BCUT2D eigenvalue weighted by molar-refractivity contribution is 5.16. The zero-order valence-corrected chi connectivity index (χ0v) is 7.98. The second-order valence-corrected chi connectivity index (χ2v) is 3.25. The van der Waals surface area contributed by atoms with Gasteiger partial charge in [0.15, 0.2) is 0 Å². The standard InChI is InChI=1S/C12H14N2/c1-2-6-11(7-3-1)10-14-12-8-4-5-9-13-12/h1-9,12-14H,10H2. The quantitative estimate of drug-likeness (QED) is 0.752. The van der Waals surface area contributed by atoms with Crippen LogP contribution in [-0.2, 0) is 6.54 Å². The van der Waals surface area contributed by atoms with E-state index >= 15 is 0 Å². The molecular weight excluding hydrogens is 172 g/mol. The van der Waals surface area contributed by atoms with Gasteiger partial charge < -0.3 is 5.32 Å². The topological polar surface area (TPSA) is 24.1 Å². The first-order valence-corrected chi connectivity index (χ1v) is 4.82. The molecular formula is C12H14N2. The Hall–Kier alpha value is -1.54. The van der Waals surface area contributed by atoms with Crippen LogP contribution in [0, 0.1) is 0 Å². The van der Waals surface area contributed by atoms with Gasteiger partial charge in [-0.05, 0) is 23.9 Å². The summed E-state index contributed by atoms with van der Waals surface area (Å²) in [6.07, 6.45) is 8.33. The number of benzene rings is 1. The molecule has 1 aromatic rings. The summed E-state index contributed by atoms with van der Waals surface area (Å²) >= 11 is 0. The Morgan fingerprint density at radius 3 is 2.71 bits per heavy atom. The summed E-state index contributed by atoms with van der Waals surface area (Å²) in [7, 11) is 0. The first kappa shape index (κ1) is 9.03. The lowest BCUT2D eigenvalue weighted by Gasteiger charge is -2.17. The molecule has 0 saturated heterocycles. The van der Waals surface area contributed by atoms with Crippen LogP contribution in [0.15, 0.2) is 54.8 Å². The molecule has 2 nitrogen and oxygen atoms in total. The summed E-state index contributed by atoms with van der Waals surface area (Å²) in [5.41, 5.74) is 1.30. The van der Waals surface area contributed by atoms with Crippen LogP contribution >= 0.6 is 0 Å². The van der Waals surface area contributed by atoms with Gasteiger partial charge in [0.05, 0.1) is 6.17 Å². The van der Waals surface area contributed by atoms with E-state index in [2.05, 4.69) is 41.0 Å². The van der Waals surface area contributed by atoms with Gasteiger partial charge in [-0.2, -0.15) is 0 Å². The average molecular weight is 186 g/mol. The first-order chi connectivity index (χ1) is 6.95. The van der Waals surface area contributed by atoms with Crippen molar-refractivity contribution in [3.05, 3.63) is 60.3 Å². The van der Waals surface area contributed by atoms with E-state index in [4.69, 9.17) is 0 Å². The third-order valence-corrected chi connectivity index (χ3v) is 2.16. The molecule has 0 bridgehead atoms. The largest absolute Gasteiger partial charge is 0.372 e. The van der Waals surface area contributed by atoms with Crippen molar-refractivity contribution in [1.82, 2.24) is 10.6 Å². The van der Waals surface area contributed by atoms with Crippen molar-refractivity contribution in [2.24, 2.45) is 0 Å². The molecule has 0 fully saturated rings. The highest BCUT2D eigenvalue weighted by Gasteiger charge is 2.01. The molecule has 1 aliphatic rings. The fourth-order valence-electron chi connectivity index (χ4n) is 1.40. The van der Waals surface area contributed by atoms with Gasteiger partial charge in [0.1, 0.15) is 0 Å². The number of dihydropyridines is 1. The Bertz CT molecular complexity index is 327. The van der Waals surface area contributed by atoms with Gasteiger partial charge in [-0.1, -0.05) is 36.4 Å². The maximum atomic E-state index is 3.39. The van der Waals surface area contributed by atoms with Crippen LogP contribution in [0.3, 0.4) is 0 Å². The van der Waals surface area contributed by atoms with E-state index in [0.717, 1.165) is 6.54 Å². The Labute approximate surface area is 84.3 Å². The van der Waals surface area contributed by atoms with Gasteiger partial charge >= 0.3 is 0 Å². The third kappa shape index (κ3) is 2.47. The van der Waals surface area contributed by atoms with E-state index < -0.39 is 0 Å². The van der Waals surface area contributed by atoms with Crippen LogP contribution in [0.25, 0.3) is 0 Å².